The van der Waals surface area contributed by atoms with E-state index in [0.717, 1.165) is 32.1 Å². The van der Waals surface area contributed by atoms with E-state index >= 15 is 0 Å². The second kappa shape index (κ2) is 7.85. The van der Waals surface area contributed by atoms with Crippen LogP contribution in [0.25, 0.3) is 0 Å². The fourth-order valence-corrected chi connectivity index (χ4v) is 2.93. The maximum absolute atomic E-state index is 14.3. The van der Waals surface area contributed by atoms with Gasteiger partial charge >= 0.3 is 5.97 Å². The van der Waals surface area contributed by atoms with E-state index in [-0.39, 0.29) is 5.92 Å². The number of carbonyl (C=O) groups is 1. The van der Waals surface area contributed by atoms with Crippen molar-refractivity contribution in [2.24, 2.45) is 17.4 Å². The Morgan fingerprint density at radius 3 is 2.22 bits per heavy atom. The molecule has 0 heterocycles. The highest BCUT2D eigenvalue weighted by molar-refractivity contribution is 5.77. The molecule has 5 N–H and O–H groups in total. The Kier molecular flexibility index (Phi) is 6.92. The van der Waals surface area contributed by atoms with E-state index in [1.807, 2.05) is 0 Å². The first-order valence-electron chi connectivity index (χ1n) is 8.25. The number of hydrogen-bond acceptors (Lipinski definition) is 5. The zero-order valence-corrected chi connectivity index (χ0v) is 14.2. The van der Waals surface area contributed by atoms with Gasteiger partial charge in [-0.3, -0.25) is 4.79 Å². The molecule has 1 fully saturated rings. The normalized spacial score (nSPS) is 21.6. The standard InChI is InChI=1S/C16H30F2N2O3/c1-15(2,3)23-14(22)12(20)16(17,18)13(21)11(19)9-10-7-5-4-6-8-10/h10-13,21H,4-9,19-20H2,1-3H3. The molecule has 0 spiro atoms. The monoisotopic (exact) mass is 336 g/mol. The first-order valence-corrected chi connectivity index (χ1v) is 8.25. The van der Waals surface area contributed by atoms with Gasteiger partial charge in [-0.05, 0) is 33.1 Å². The van der Waals surface area contributed by atoms with Gasteiger partial charge in [-0.1, -0.05) is 32.1 Å². The van der Waals surface area contributed by atoms with Crippen LogP contribution >= 0.6 is 0 Å². The van der Waals surface area contributed by atoms with Crippen LogP contribution in [0.15, 0.2) is 0 Å². The van der Waals surface area contributed by atoms with Crippen LogP contribution in [0.3, 0.4) is 0 Å². The number of ether oxygens (including phenoxy) is 1. The quantitative estimate of drug-likeness (QED) is 0.644. The Morgan fingerprint density at radius 2 is 1.74 bits per heavy atom. The molecule has 1 saturated carbocycles. The molecule has 1 aliphatic rings. The number of alkyl halides is 2. The first-order chi connectivity index (χ1) is 10.4. The number of carbonyl (C=O) groups excluding carboxylic acids is 1. The molecule has 0 aliphatic heterocycles. The van der Waals surface area contributed by atoms with E-state index in [1.165, 1.54) is 0 Å². The maximum Gasteiger partial charge on any atom is 0.329 e. The van der Waals surface area contributed by atoms with Crippen LogP contribution < -0.4 is 11.5 Å². The van der Waals surface area contributed by atoms with Crippen LogP contribution in [0.4, 0.5) is 8.78 Å². The highest BCUT2D eigenvalue weighted by Crippen LogP contribution is 2.31. The fourth-order valence-electron chi connectivity index (χ4n) is 2.93. The lowest BCUT2D eigenvalue weighted by molar-refractivity contribution is -0.180. The van der Waals surface area contributed by atoms with Gasteiger partial charge in [0.15, 0.2) is 6.04 Å². The number of aliphatic hydroxyl groups excluding tert-OH is 1. The molecule has 3 atom stereocenters. The molecule has 1 rings (SSSR count). The minimum atomic E-state index is -3.84. The molecule has 5 nitrogen and oxygen atoms in total. The van der Waals surface area contributed by atoms with Gasteiger partial charge in [-0.2, -0.15) is 0 Å². The van der Waals surface area contributed by atoms with Gasteiger partial charge in [0, 0.05) is 6.04 Å². The van der Waals surface area contributed by atoms with Crippen molar-refractivity contribution in [1.29, 1.82) is 0 Å². The second-order valence-corrected chi connectivity index (χ2v) is 7.53. The van der Waals surface area contributed by atoms with Crippen molar-refractivity contribution in [2.75, 3.05) is 0 Å². The molecule has 0 amide bonds. The topological polar surface area (TPSA) is 98.6 Å². The van der Waals surface area contributed by atoms with E-state index in [0.29, 0.717) is 6.42 Å². The fraction of sp³-hybridized carbons (Fsp3) is 0.938. The highest BCUT2D eigenvalue weighted by atomic mass is 19.3. The van der Waals surface area contributed by atoms with E-state index in [9.17, 15) is 18.7 Å². The van der Waals surface area contributed by atoms with Crippen LogP contribution in [-0.4, -0.2) is 40.8 Å². The summed E-state index contributed by atoms with van der Waals surface area (Å²) in [6.45, 7) is 4.67. The third kappa shape index (κ3) is 5.97. The zero-order valence-electron chi connectivity index (χ0n) is 14.2. The molecule has 0 bridgehead atoms. The molecule has 0 aromatic rings. The first kappa shape index (κ1) is 20.3. The lowest BCUT2D eigenvalue weighted by Crippen LogP contribution is -2.60. The molecule has 0 radical (unpaired) electrons. The Hall–Kier alpha value is -0.790. The summed E-state index contributed by atoms with van der Waals surface area (Å²) < 4.78 is 33.4. The molecule has 0 aromatic carbocycles. The van der Waals surface area contributed by atoms with Crippen LogP contribution in [-0.2, 0) is 9.53 Å². The second-order valence-electron chi connectivity index (χ2n) is 7.53. The average Bonchev–Trinajstić information content (AvgIpc) is 2.44. The summed E-state index contributed by atoms with van der Waals surface area (Å²) in [5.41, 5.74) is 10.2. The summed E-state index contributed by atoms with van der Waals surface area (Å²) in [7, 11) is 0. The van der Waals surface area contributed by atoms with E-state index in [4.69, 9.17) is 16.2 Å². The highest BCUT2D eigenvalue weighted by Gasteiger charge is 2.52. The summed E-state index contributed by atoms with van der Waals surface area (Å²) in [5.74, 6) is -4.84. The number of nitrogens with two attached hydrogens (primary N) is 2. The molecule has 1 aliphatic carbocycles. The van der Waals surface area contributed by atoms with Crippen molar-refractivity contribution in [3.63, 3.8) is 0 Å². The van der Waals surface area contributed by atoms with Crippen molar-refractivity contribution < 1.29 is 23.4 Å². The number of halogens is 2. The Bertz CT molecular complexity index is 393. The lowest BCUT2D eigenvalue weighted by atomic mass is 9.82. The van der Waals surface area contributed by atoms with E-state index in [1.54, 1.807) is 20.8 Å². The number of aliphatic hydroxyl groups is 1. The predicted molar refractivity (Wildman–Crippen MR) is 83.9 cm³/mol. The summed E-state index contributed by atoms with van der Waals surface area (Å²) in [4.78, 5) is 11.7. The summed E-state index contributed by atoms with van der Waals surface area (Å²) >= 11 is 0. The van der Waals surface area contributed by atoms with E-state index < -0.39 is 35.7 Å². The smallest absolute Gasteiger partial charge is 0.329 e. The maximum atomic E-state index is 14.3. The number of hydrogen-bond donors (Lipinski definition) is 3. The molecular formula is C16H30F2N2O3. The minimum Gasteiger partial charge on any atom is -0.459 e. The van der Waals surface area contributed by atoms with Crippen molar-refractivity contribution in [1.82, 2.24) is 0 Å². The van der Waals surface area contributed by atoms with Gasteiger partial charge in [0.05, 0.1) is 0 Å². The molecule has 136 valence electrons. The molecule has 0 aromatic heterocycles. The minimum absolute atomic E-state index is 0.238. The van der Waals surface area contributed by atoms with Crippen LogP contribution in [0.1, 0.15) is 59.3 Å². The van der Waals surface area contributed by atoms with Crippen molar-refractivity contribution in [2.45, 2.75) is 89.0 Å². The van der Waals surface area contributed by atoms with Crippen molar-refractivity contribution in [3.05, 3.63) is 0 Å². The van der Waals surface area contributed by atoms with Crippen molar-refractivity contribution >= 4 is 5.97 Å². The zero-order chi connectivity index (χ0) is 17.8. The average molecular weight is 336 g/mol. The Labute approximate surface area is 136 Å². The number of esters is 1. The molecule has 0 saturated heterocycles. The van der Waals surface area contributed by atoms with Crippen LogP contribution in [0, 0.1) is 5.92 Å². The van der Waals surface area contributed by atoms with Crippen molar-refractivity contribution in [3.8, 4) is 0 Å². The van der Waals surface area contributed by atoms with Gasteiger partial charge in [0.1, 0.15) is 11.7 Å². The van der Waals surface area contributed by atoms with Crippen LogP contribution in [0.5, 0.6) is 0 Å². The Morgan fingerprint density at radius 1 is 1.22 bits per heavy atom. The molecule has 7 heteroatoms. The summed E-state index contributed by atoms with van der Waals surface area (Å²) in [5, 5.41) is 9.93. The third-order valence-electron chi connectivity index (χ3n) is 4.21. The van der Waals surface area contributed by atoms with Gasteiger partial charge in [0.25, 0.3) is 5.92 Å². The third-order valence-corrected chi connectivity index (χ3v) is 4.21. The van der Waals surface area contributed by atoms with Crippen LogP contribution in [0.2, 0.25) is 0 Å². The summed E-state index contributed by atoms with van der Waals surface area (Å²) in [6.07, 6.45) is 3.26. The SMILES string of the molecule is CC(C)(C)OC(=O)C(N)C(F)(F)C(O)C(N)CC1CCCCC1. The number of rotatable bonds is 6. The lowest BCUT2D eigenvalue weighted by Gasteiger charge is -2.33. The summed E-state index contributed by atoms with van der Waals surface area (Å²) in [6, 6.07) is -3.37. The van der Waals surface area contributed by atoms with Gasteiger partial charge in [-0.25, -0.2) is 8.78 Å². The largest absolute Gasteiger partial charge is 0.459 e. The van der Waals surface area contributed by atoms with Gasteiger partial charge < -0.3 is 21.3 Å². The predicted octanol–water partition coefficient (Wildman–Crippen LogP) is 1.95. The van der Waals surface area contributed by atoms with Gasteiger partial charge in [-0.15, -0.1) is 0 Å². The Balaban J connectivity index is 2.66. The molecular weight excluding hydrogens is 306 g/mol. The molecule has 3 unspecified atom stereocenters. The van der Waals surface area contributed by atoms with E-state index in [2.05, 4.69) is 0 Å². The molecule has 23 heavy (non-hydrogen) atoms. The van der Waals surface area contributed by atoms with Gasteiger partial charge in [0.2, 0.25) is 0 Å².